The van der Waals surface area contributed by atoms with E-state index >= 15 is 0 Å². The molecule has 0 saturated heterocycles. The van der Waals surface area contributed by atoms with Gasteiger partial charge in [0.2, 0.25) is 10.0 Å². The predicted molar refractivity (Wildman–Crippen MR) is 98.3 cm³/mol. The minimum absolute atomic E-state index is 0.104. The van der Waals surface area contributed by atoms with Crippen LogP contribution in [0.3, 0.4) is 0 Å². The van der Waals surface area contributed by atoms with Gasteiger partial charge in [0.05, 0.1) is 17.0 Å². The van der Waals surface area contributed by atoms with Crippen molar-refractivity contribution in [2.45, 2.75) is 18.5 Å². The molecule has 2 heterocycles. The summed E-state index contributed by atoms with van der Waals surface area (Å²) in [6.45, 7) is 1.84. The number of hydrogen-bond donors (Lipinski definition) is 1. The largest absolute Gasteiger partial charge is 0.301 e. The van der Waals surface area contributed by atoms with Crippen LogP contribution in [0, 0.1) is 0 Å². The number of hydrogen-bond acceptors (Lipinski definition) is 5. The minimum Gasteiger partial charge on any atom is -0.301 e. The molecule has 3 rings (SSSR count). The third-order valence-electron chi connectivity index (χ3n) is 3.52. The summed E-state index contributed by atoms with van der Waals surface area (Å²) < 4.78 is 28.7. The van der Waals surface area contributed by atoms with E-state index in [-0.39, 0.29) is 5.75 Å². The van der Waals surface area contributed by atoms with E-state index in [1.165, 1.54) is 11.8 Å². The second-order valence-electron chi connectivity index (χ2n) is 5.25. The van der Waals surface area contributed by atoms with Crippen LogP contribution in [0.4, 0.5) is 5.69 Å². The Morgan fingerprint density at radius 1 is 1.25 bits per heavy atom. The SMILES string of the molecule is CCCS(=O)(=O)Nc1cccc2c1ccn2-c1ccnc(SC)n1. The normalized spacial score (nSPS) is 11.8. The molecule has 0 aliphatic rings. The number of anilines is 1. The van der Waals surface area contributed by atoms with Gasteiger partial charge in [-0.25, -0.2) is 18.4 Å². The number of rotatable bonds is 6. The van der Waals surface area contributed by atoms with Gasteiger partial charge >= 0.3 is 0 Å². The van der Waals surface area contributed by atoms with Crippen LogP contribution in [0.25, 0.3) is 16.7 Å². The third-order valence-corrected chi connectivity index (χ3v) is 5.56. The zero-order valence-electron chi connectivity index (χ0n) is 13.4. The van der Waals surface area contributed by atoms with E-state index in [0.29, 0.717) is 17.3 Å². The van der Waals surface area contributed by atoms with Crippen molar-refractivity contribution in [2.24, 2.45) is 0 Å². The molecule has 0 saturated carbocycles. The Balaban J connectivity index is 2.06. The maximum atomic E-state index is 12.1. The standard InChI is InChI=1S/C16H18N4O2S2/c1-3-11-24(21,22)19-13-5-4-6-14-12(13)8-10-20(14)15-7-9-17-16(18-15)23-2/h4-10,19H,3,11H2,1-2H3. The molecule has 1 N–H and O–H groups in total. The van der Waals surface area contributed by atoms with Crippen LogP contribution in [-0.4, -0.2) is 35.0 Å². The van der Waals surface area contributed by atoms with E-state index in [0.717, 1.165) is 16.7 Å². The fourth-order valence-corrected chi connectivity index (χ4v) is 4.01. The van der Waals surface area contributed by atoms with Crippen LogP contribution in [0.5, 0.6) is 0 Å². The lowest BCUT2D eigenvalue weighted by Crippen LogP contribution is -2.16. The highest BCUT2D eigenvalue weighted by Gasteiger charge is 2.13. The van der Waals surface area contributed by atoms with Gasteiger partial charge < -0.3 is 4.57 Å². The van der Waals surface area contributed by atoms with E-state index < -0.39 is 10.0 Å². The summed E-state index contributed by atoms with van der Waals surface area (Å²) in [5.41, 5.74) is 1.47. The summed E-state index contributed by atoms with van der Waals surface area (Å²) in [6.07, 6.45) is 6.10. The molecule has 0 fully saturated rings. The Labute approximate surface area is 145 Å². The van der Waals surface area contributed by atoms with Crippen molar-refractivity contribution in [3.8, 4) is 5.82 Å². The molecule has 0 aliphatic carbocycles. The lowest BCUT2D eigenvalue weighted by atomic mass is 10.2. The van der Waals surface area contributed by atoms with Gasteiger partial charge in [-0.05, 0) is 36.9 Å². The summed E-state index contributed by atoms with van der Waals surface area (Å²) in [5.74, 6) is 0.852. The summed E-state index contributed by atoms with van der Waals surface area (Å²) in [7, 11) is -3.33. The van der Waals surface area contributed by atoms with E-state index in [1.807, 2.05) is 48.2 Å². The van der Waals surface area contributed by atoms with Crippen molar-refractivity contribution in [2.75, 3.05) is 16.7 Å². The van der Waals surface area contributed by atoms with E-state index in [9.17, 15) is 8.42 Å². The van der Waals surface area contributed by atoms with Gasteiger partial charge in [0, 0.05) is 17.8 Å². The number of nitrogens with one attached hydrogen (secondary N) is 1. The van der Waals surface area contributed by atoms with Crippen LogP contribution < -0.4 is 4.72 Å². The molecule has 0 spiro atoms. The van der Waals surface area contributed by atoms with Gasteiger partial charge in [-0.2, -0.15) is 0 Å². The van der Waals surface area contributed by atoms with Crippen LogP contribution in [-0.2, 0) is 10.0 Å². The van der Waals surface area contributed by atoms with Crippen molar-refractivity contribution in [3.05, 3.63) is 42.7 Å². The Morgan fingerprint density at radius 3 is 2.83 bits per heavy atom. The number of fused-ring (bicyclic) bond motifs is 1. The molecule has 2 aromatic heterocycles. The first-order valence-electron chi connectivity index (χ1n) is 7.52. The number of benzene rings is 1. The molecular weight excluding hydrogens is 344 g/mol. The van der Waals surface area contributed by atoms with Crippen molar-refractivity contribution in [1.82, 2.24) is 14.5 Å². The fraction of sp³-hybridized carbons (Fsp3) is 0.250. The average molecular weight is 362 g/mol. The van der Waals surface area contributed by atoms with Gasteiger partial charge in [0.1, 0.15) is 5.82 Å². The van der Waals surface area contributed by atoms with Crippen LogP contribution >= 0.6 is 11.8 Å². The Bertz CT molecular complexity index is 967. The zero-order valence-corrected chi connectivity index (χ0v) is 15.1. The molecule has 0 amide bonds. The molecule has 1 aromatic carbocycles. The van der Waals surface area contributed by atoms with Crippen molar-refractivity contribution in [3.63, 3.8) is 0 Å². The molecule has 24 heavy (non-hydrogen) atoms. The molecule has 0 atom stereocenters. The zero-order chi connectivity index (χ0) is 17.2. The highest BCUT2D eigenvalue weighted by molar-refractivity contribution is 7.98. The Morgan fingerprint density at radius 2 is 2.08 bits per heavy atom. The summed E-state index contributed by atoms with van der Waals surface area (Å²) in [6, 6.07) is 9.26. The molecule has 0 aliphatic heterocycles. The van der Waals surface area contributed by atoms with Crippen LogP contribution in [0.1, 0.15) is 13.3 Å². The highest BCUT2D eigenvalue weighted by Crippen LogP contribution is 2.27. The smallest absolute Gasteiger partial charge is 0.232 e. The minimum atomic E-state index is -3.33. The van der Waals surface area contributed by atoms with E-state index in [1.54, 1.807) is 12.3 Å². The molecule has 126 valence electrons. The first kappa shape index (κ1) is 16.8. The number of nitrogens with zero attached hydrogens (tertiary/aromatic N) is 3. The van der Waals surface area contributed by atoms with Crippen molar-refractivity contribution >= 4 is 38.4 Å². The second kappa shape index (κ2) is 6.82. The van der Waals surface area contributed by atoms with Gasteiger partial charge in [0.15, 0.2) is 5.16 Å². The maximum absolute atomic E-state index is 12.1. The lowest BCUT2D eigenvalue weighted by Gasteiger charge is -2.09. The van der Waals surface area contributed by atoms with Crippen LogP contribution in [0.15, 0.2) is 47.9 Å². The van der Waals surface area contributed by atoms with E-state index in [4.69, 9.17) is 0 Å². The molecule has 3 aromatic rings. The Kier molecular flexibility index (Phi) is 4.77. The van der Waals surface area contributed by atoms with Crippen molar-refractivity contribution < 1.29 is 8.42 Å². The molecule has 0 radical (unpaired) electrons. The van der Waals surface area contributed by atoms with Crippen LogP contribution in [0.2, 0.25) is 0 Å². The summed E-state index contributed by atoms with van der Waals surface area (Å²) in [5, 5.41) is 1.52. The van der Waals surface area contributed by atoms with Crippen molar-refractivity contribution in [1.29, 1.82) is 0 Å². The fourth-order valence-electron chi connectivity index (χ4n) is 2.51. The molecule has 8 heteroatoms. The Hall–Kier alpha value is -2.06. The lowest BCUT2D eigenvalue weighted by molar-refractivity contribution is 0.600. The molecule has 0 unspecified atom stereocenters. The highest BCUT2D eigenvalue weighted by atomic mass is 32.2. The first-order chi connectivity index (χ1) is 11.5. The van der Waals surface area contributed by atoms with E-state index in [2.05, 4.69) is 14.7 Å². The first-order valence-corrected chi connectivity index (χ1v) is 10.4. The summed E-state index contributed by atoms with van der Waals surface area (Å²) >= 11 is 1.47. The van der Waals surface area contributed by atoms with Gasteiger partial charge in [-0.3, -0.25) is 4.72 Å². The summed E-state index contributed by atoms with van der Waals surface area (Å²) in [4.78, 5) is 8.67. The number of thioether (sulfide) groups is 1. The average Bonchev–Trinajstić information content (AvgIpc) is 2.99. The second-order valence-corrected chi connectivity index (χ2v) is 7.86. The predicted octanol–water partition coefficient (Wildman–Crippen LogP) is 3.29. The number of aromatic nitrogens is 3. The third kappa shape index (κ3) is 3.39. The van der Waals surface area contributed by atoms with Gasteiger partial charge in [-0.15, -0.1) is 0 Å². The molecule has 0 bridgehead atoms. The number of sulfonamides is 1. The quantitative estimate of drug-likeness (QED) is 0.538. The van der Waals surface area contributed by atoms with Gasteiger partial charge in [-0.1, -0.05) is 24.8 Å². The monoisotopic (exact) mass is 362 g/mol. The maximum Gasteiger partial charge on any atom is 0.232 e. The van der Waals surface area contributed by atoms with Gasteiger partial charge in [0.25, 0.3) is 0 Å². The molecule has 6 nitrogen and oxygen atoms in total. The topological polar surface area (TPSA) is 76.9 Å². The molecular formula is C16H18N4O2S2.